The molecule has 0 rings (SSSR count). The molecule has 0 aliphatic heterocycles. The summed E-state index contributed by atoms with van der Waals surface area (Å²) in [5.74, 6) is -1.08. The van der Waals surface area contributed by atoms with Gasteiger partial charge in [-0.2, -0.15) is 0 Å². The smallest absolute Gasteiger partial charge is 0.550 e. The second-order valence-corrected chi connectivity index (χ2v) is 0.492. The van der Waals surface area contributed by atoms with Crippen molar-refractivity contribution in [3.05, 3.63) is 0 Å². The molecule has 0 bridgehead atoms. The summed E-state index contributed by atoms with van der Waals surface area (Å²) in [4.78, 5) is 8.89. The summed E-state index contributed by atoms with van der Waals surface area (Å²) in [6.07, 6.45) is 0. The third kappa shape index (κ3) is 13300. The molecule has 4 heteroatoms. The molecule has 33 valence electrons. The SMILES string of the molecule is CC(=O)[O-].O.[Zn+]. The van der Waals surface area contributed by atoms with Gasteiger partial charge in [0.05, 0.1) is 0 Å². The molecular weight excluding hydrogens is 137 g/mol. The fourth-order valence-corrected chi connectivity index (χ4v) is 0. The van der Waals surface area contributed by atoms with Crippen LogP contribution in [0.4, 0.5) is 0 Å². The molecule has 0 atom stereocenters. The van der Waals surface area contributed by atoms with Gasteiger partial charge in [-0.1, -0.05) is 0 Å². The number of carboxylic acids is 1. The van der Waals surface area contributed by atoms with Gasteiger partial charge >= 0.3 is 19.5 Å². The van der Waals surface area contributed by atoms with Crippen LogP contribution >= 0.6 is 0 Å². The topological polar surface area (TPSA) is 71.6 Å². The van der Waals surface area contributed by atoms with Crippen molar-refractivity contribution in [2.75, 3.05) is 0 Å². The van der Waals surface area contributed by atoms with Gasteiger partial charge in [0.2, 0.25) is 0 Å². The third-order valence-corrected chi connectivity index (χ3v) is 0. The molecule has 0 unspecified atom stereocenters. The largest absolute Gasteiger partial charge is 1.00 e. The fraction of sp³-hybridized carbons (Fsp3) is 0.500. The Morgan fingerprint density at radius 3 is 1.67 bits per heavy atom. The first-order valence-corrected chi connectivity index (χ1v) is 0.908. The maximum atomic E-state index is 8.89. The van der Waals surface area contributed by atoms with Gasteiger partial charge in [0.25, 0.3) is 0 Å². The van der Waals surface area contributed by atoms with Crippen LogP contribution in [0.25, 0.3) is 0 Å². The van der Waals surface area contributed by atoms with E-state index < -0.39 is 5.97 Å². The number of carbonyl (C=O) groups excluding carboxylic acids is 1. The van der Waals surface area contributed by atoms with Crippen molar-refractivity contribution in [1.29, 1.82) is 0 Å². The Hall–Kier alpha value is 0.0534. The molecule has 0 spiro atoms. The Balaban J connectivity index is -0.0000000450. The quantitative estimate of drug-likeness (QED) is 0.365. The normalized spacial score (nSPS) is 4.17. The first kappa shape index (κ1) is 16.6. The standard InChI is InChI=1S/C2H4O2.H2O.Zn/c1-2(3)4;;/h1H3,(H,3,4);1H2;/q;;+1/p-1. The van der Waals surface area contributed by atoms with Crippen molar-refractivity contribution in [2.24, 2.45) is 0 Å². The van der Waals surface area contributed by atoms with E-state index in [2.05, 4.69) is 0 Å². The molecule has 1 radical (unpaired) electrons. The van der Waals surface area contributed by atoms with Crippen LogP contribution in [0.1, 0.15) is 6.92 Å². The van der Waals surface area contributed by atoms with Gasteiger partial charge in [-0.3, -0.25) is 0 Å². The van der Waals surface area contributed by atoms with Crippen molar-refractivity contribution >= 4 is 5.97 Å². The summed E-state index contributed by atoms with van der Waals surface area (Å²) in [6, 6.07) is 0. The van der Waals surface area contributed by atoms with E-state index in [1.807, 2.05) is 0 Å². The van der Waals surface area contributed by atoms with E-state index in [9.17, 15) is 0 Å². The van der Waals surface area contributed by atoms with Crippen molar-refractivity contribution in [3.8, 4) is 0 Å². The van der Waals surface area contributed by atoms with Crippen LogP contribution in [0.2, 0.25) is 0 Å². The average molecular weight is 142 g/mol. The Kier molecular flexibility index (Phi) is 24.6. The molecule has 0 aromatic carbocycles. The van der Waals surface area contributed by atoms with Gasteiger partial charge in [0, 0.05) is 5.97 Å². The molecule has 0 amide bonds. The van der Waals surface area contributed by atoms with Crippen LogP contribution in [0.5, 0.6) is 0 Å². The summed E-state index contributed by atoms with van der Waals surface area (Å²) in [7, 11) is 0. The zero-order valence-electron chi connectivity index (χ0n) is 3.52. The maximum Gasteiger partial charge on any atom is 1.00 e. The molecule has 0 aliphatic rings. The minimum atomic E-state index is -1.08. The number of carbonyl (C=O) groups is 1. The van der Waals surface area contributed by atoms with Gasteiger partial charge in [-0.25, -0.2) is 0 Å². The van der Waals surface area contributed by atoms with Crippen molar-refractivity contribution in [2.45, 2.75) is 6.92 Å². The van der Waals surface area contributed by atoms with Crippen LogP contribution in [0.15, 0.2) is 0 Å². The van der Waals surface area contributed by atoms with Crippen molar-refractivity contribution in [1.82, 2.24) is 0 Å². The summed E-state index contributed by atoms with van der Waals surface area (Å²) in [6.45, 7) is 0.972. The maximum absolute atomic E-state index is 8.89. The van der Waals surface area contributed by atoms with E-state index in [0.29, 0.717) is 0 Å². The monoisotopic (exact) mass is 141 g/mol. The van der Waals surface area contributed by atoms with Gasteiger partial charge in [0.1, 0.15) is 0 Å². The van der Waals surface area contributed by atoms with E-state index in [1.54, 1.807) is 0 Å². The molecule has 0 heterocycles. The van der Waals surface area contributed by atoms with E-state index >= 15 is 0 Å². The van der Waals surface area contributed by atoms with Crippen LogP contribution in [-0.4, -0.2) is 11.4 Å². The van der Waals surface area contributed by atoms with Gasteiger partial charge in [0.15, 0.2) is 0 Å². The molecule has 0 aromatic heterocycles. The second-order valence-electron chi connectivity index (χ2n) is 0.492. The number of hydrogen-bond acceptors (Lipinski definition) is 2. The third-order valence-electron chi connectivity index (χ3n) is 0. The molecule has 0 saturated heterocycles. The van der Waals surface area contributed by atoms with Crippen LogP contribution in [-0.2, 0) is 24.3 Å². The molecule has 0 saturated carbocycles. The molecule has 0 aromatic rings. The minimum absolute atomic E-state index is 0. The van der Waals surface area contributed by atoms with Gasteiger partial charge in [-0.05, 0) is 6.92 Å². The molecule has 0 aliphatic carbocycles. The zero-order valence-corrected chi connectivity index (χ0v) is 6.49. The fourth-order valence-electron chi connectivity index (χ4n) is 0. The Morgan fingerprint density at radius 2 is 1.67 bits per heavy atom. The van der Waals surface area contributed by atoms with E-state index in [4.69, 9.17) is 9.90 Å². The van der Waals surface area contributed by atoms with Gasteiger partial charge < -0.3 is 15.4 Å². The van der Waals surface area contributed by atoms with Crippen LogP contribution in [0, 0.1) is 0 Å². The second kappa shape index (κ2) is 8.91. The van der Waals surface area contributed by atoms with E-state index in [0.717, 1.165) is 6.92 Å². The molecule has 2 N–H and O–H groups in total. The van der Waals surface area contributed by atoms with Crippen LogP contribution in [0.3, 0.4) is 0 Å². The van der Waals surface area contributed by atoms with Crippen molar-refractivity contribution in [3.63, 3.8) is 0 Å². The molecular formula is C2H5O3Zn. The first-order valence-electron chi connectivity index (χ1n) is 0.908. The van der Waals surface area contributed by atoms with E-state index in [-0.39, 0.29) is 25.0 Å². The predicted octanol–water partition coefficient (Wildman–Crippen LogP) is -2.07. The molecule has 6 heavy (non-hydrogen) atoms. The van der Waals surface area contributed by atoms with Gasteiger partial charge in [-0.15, -0.1) is 0 Å². The number of hydrogen-bond donors (Lipinski definition) is 0. The summed E-state index contributed by atoms with van der Waals surface area (Å²) in [5.41, 5.74) is 0. The van der Waals surface area contributed by atoms with Crippen molar-refractivity contribution < 1.29 is 34.9 Å². The number of carboxylic acid groups (broad SMARTS) is 1. The summed E-state index contributed by atoms with van der Waals surface area (Å²) in [5, 5.41) is 8.89. The zero-order chi connectivity index (χ0) is 3.58. The minimum Gasteiger partial charge on any atom is -0.550 e. The number of rotatable bonds is 0. The Morgan fingerprint density at radius 1 is 1.67 bits per heavy atom. The predicted molar refractivity (Wildman–Crippen MR) is 14.3 cm³/mol. The van der Waals surface area contributed by atoms with E-state index in [1.165, 1.54) is 0 Å². The number of aliphatic carboxylic acids is 1. The summed E-state index contributed by atoms with van der Waals surface area (Å²) >= 11 is 0. The first-order chi connectivity index (χ1) is 1.73. The molecule has 3 nitrogen and oxygen atoms in total. The Bertz CT molecular complexity index is 31.8. The van der Waals surface area contributed by atoms with Crippen LogP contribution < -0.4 is 5.11 Å². The Labute approximate surface area is 48.4 Å². The molecule has 0 fully saturated rings. The summed E-state index contributed by atoms with van der Waals surface area (Å²) < 4.78 is 0. The average Bonchev–Trinajstić information content (AvgIpc) is 0.811.